The standard InChI is InChI=1S/C13H12Cl2N6OS/c1-3-4-9-12(23(22)13-18-19-20-21(13)2)17-11-6-8(15)7(14)5-10(11)16-9/h5-6H,3-4H2,1-2H3. The van der Waals surface area contributed by atoms with E-state index in [1.807, 2.05) is 6.92 Å². The van der Waals surface area contributed by atoms with Crippen LogP contribution in [-0.2, 0) is 24.6 Å². The van der Waals surface area contributed by atoms with Crippen LogP contribution in [0, 0.1) is 0 Å². The topological polar surface area (TPSA) is 92.4 Å². The lowest BCUT2D eigenvalue weighted by Gasteiger charge is -2.11. The fraction of sp³-hybridized carbons (Fsp3) is 0.308. The number of aromatic nitrogens is 6. The van der Waals surface area contributed by atoms with Gasteiger partial charge in [-0.2, -0.15) is 9.67 Å². The third kappa shape index (κ3) is 3.12. The summed E-state index contributed by atoms with van der Waals surface area (Å²) >= 11 is 10.4. The highest BCUT2D eigenvalue weighted by atomic mass is 35.5. The van der Waals surface area contributed by atoms with Gasteiger partial charge in [0.2, 0.25) is 0 Å². The molecule has 23 heavy (non-hydrogen) atoms. The van der Waals surface area contributed by atoms with E-state index in [0.717, 1.165) is 6.42 Å². The molecule has 2 heterocycles. The number of fused-ring (bicyclic) bond motifs is 1. The van der Waals surface area contributed by atoms with Crippen LogP contribution in [0.5, 0.6) is 0 Å². The van der Waals surface area contributed by atoms with Crippen molar-refractivity contribution in [1.29, 1.82) is 0 Å². The van der Waals surface area contributed by atoms with E-state index >= 15 is 0 Å². The SMILES string of the molecule is CCCc1nc2cc(Cl)c(Cl)cc2nc1[S+]([O-])c1nnnn1C. The van der Waals surface area contributed by atoms with Crippen LogP contribution in [-0.4, -0.2) is 34.7 Å². The smallest absolute Gasteiger partial charge is 0.368 e. The van der Waals surface area contributed by atoms with Crippen molar-refractivity contribution in [3.8, 4) is 0 Å². The molecule has 1 aromatic carbocycles. The van der Waals surface area contributed by atoms with Gasteiger partial charge in [-0.1, -0.05) is 41.6 Å². The zero-order valence-corrected chi connectivity index (χ0v) is 14.7. The Kier molecular flexibility index (Phi) is 4.67. The second-order valence-electron chi connectivity index (χ2n) is 4.83. The molecule has 0 bridgehead atoms. The lowest BCUT2D eigenvalue weighted by Crippen LogP contribution is -2.15. The first-order valence-corrected chi connectivity index (χ1v) is 8.71. The van der Waals surface area contributed by atoms with Crippen molar-refractivity contribution in [2.24, 2.45) is 7.05 Å². The first-order chi connectivity index (χ1) is 11.0. The van der Waals surface area contributed by atoms with E-state index in [4.69, 9.17) is 23.2 Å². The molecule has 3 rings (SSSR count). The Bertz CT molecular complexity index is 871. The number of tetrazole rings is 1. The van der Waals surface area contributed by atoms with E-state index in [-0.39, 0.29) is 5.16 Å². The molecule has 120 valence electrons. The van der Waals surface area contributed by atoms with Crippen molar-refractivity contribution in [3.05, 3.63) is 27.9 Å². The quantitative estimate of drug-likeness (QED) is 0.655. The van der Waals surface area contributed by atoms with Crippen LogP contribution in [0.1, 0.15) is 19.0 Å². The Hall–Kier alpha value is -1.48. The molecule has 0 radical (unpaired) electrons. The fourth-order valence-corrected chi connectivity index (χ4v) is 3.50. The molecule has 0 spiro atoms. The molecule has 0 saturated heterocycles. The predicted octanol–water partition coefficient (Wildman–Crippen LogP) is 2.58. The largest absolute Gasteiger partial charge is 0.603 e. The molecule has 3 aromatic rings. The summed E-state index contributed by atoms with van der Waals surface area (Å²) in [5.41, 5.74) is 1.78. The van der Waals surface area contributed by atoms with E-state index in [1.54, 1.807) is 19.2 Å². The van der Waals surface area contributed by atoms with Crippen LogP contribution in [0.2, 0.25) is 10.0 Å². The monoisotopic (exact) mass is 370 g/mol. The van der Waals surface area contributed by atoms with E-state index in [0.29, 0.717) is 38.2 Å². The second kappa shape index (κ2) is 6.56. The van der Waals surface area contributed by atoms with E-state index in [2.05, 4.69) is 25.5 Å². The summed E-state index contributed by atoms with van der Waals surface area (Å²) in [6.07, 6.45) is 1.47. The van der Waals surface area contributed by atoms with Gasteiger partial charge in [0.15, 0.2) is 0 Å². The van der Waals surface area contributed by atoms with Crippen LogP contribution >= 0.6 is 23.2 Å². The summed E-state index contributed by atoms with van der Waals surface area (Å²) in [6, 6.07) is 3.26. The molecule has 0 N–H and O–H groups in total. The van der Waals surface area contributed by atoms with Gasteiger partial charge in [0.1, 0.15) is 5.69 Å². The van der Waals surface area contributed by atoms with Crippen molar-refractivity contribution in [3.63, 3.8) is 0 Å². The van der Waals surface area contributed by atoms with Crippen LogP contribution in [0.3, 0.4) is 0 Å². The van der Waals surface area contributed by atoms with Gasteiger partial charge in [0.05, 0.1) is 32.3 Å². The summed E-state index contributed by atoms with van der Waals surface area (Å²) in [5, 5.41) is 12.3. The Labute approximate surface area is 145 Å². The number of halogens is 2. The van der Waals surface area contributed by atoms with Crippen LogP contribution in [0.15, 0.2) is 22.3 Å². The summed E-state index contributed by atoms with van der Waals surface area (Å²) in [6.45, 7) is 2.01. The van der Waals surface area contributed by atoms with Gasteiger partial charge in [0, 0.05) is 7.05 Å². The summed E-state index contributed by atoms with van der Waals surface area (Å²) in [5.74, 6) is 0. The van der Waals surface area contributed by atoms with E-state index < -0.39 is 11.2 Å². The minimum atomic E-state index is -1.63. The minimum absolute atomic E-state index is 0.219. The van der Waals surface area contributed by atoms with Crippen molar-refractivity contribution >= 4 is 45.4 Å². The minimum Gasteiger partial charge on any atom is -0.603 e. The summed E-state index contributed by atoms with van der Waals surface area (Å²) < 4.78 is 14.2. The molecule has 7 nitrogen and oxygen atoms in total. The van der Waals surface area contributed by atoms with Crippen molar-refractivity contribution in [2.45, 2.75) is 29.9 Å². The maximum Gasteiger partial charge on any atom is 0.368 e. The van der Waals surface area contributed by atoms with Gasteiger partial charge >= 0.3 is 5.16 Å². The molecular weight excluding hydrogens is 359 g/mol. The molecule has 1 atom stereocenters. The normalized spacial score (nSPS) is 12.7. The molecule has 0 aliphatic rings. The molecule has 10 heteroatoms. The third-order valence-corrected chi connectivity index (χ3v) is 5.23. The molecule has 0 aliphatic heterocycles. The average Bonchev–Trinajstić information content (AvgIpc) is 2.94. The average molecular weight is 371 g/mol. The molecule has 1 unspecified atom stereocenters. The van der Waals surface area contributed by atoms with Gasteiger partial charge in [0.25, 0.3) is 5.03 Å². The Morgan fingerprint density at radius 1 is 1.17 bits per heavy atom. The van der Waals surface area contributed by atoms with Crippen LogP contribution in [0.25, 0.3) is 11.0 Å². The Balaban J connectivity index is 2.19. The highest BCUT2D eigenvalue weighted by Crippen LogP contribution is 2.29. The van der Waals surface area contributed by atoms with Gasteiger partial charge in [-0.25, -0.2) is 4.98 Å². The number of benzene rings is 1. The molecule has 2 aromatic heterocycles. The zero-order valence-electron chi connectivity index (χ0n) is 12.3. The highest BCUT2D eigenvalue weighted by Gasteiger charge is 2.28. The van der Waals surface area contributed by atoms with Crippen LogP contribution < -0.4 is 0 Å². The lowest BCUT2D eigenvalue weighted by atomic mass is 10.2. The van der Waals surface area contributed by atoms with Crippen molar-refractivity contribution < 1.29 is 4.55 Å². The number of hydrogen-bond acceptors (Lipinski definition) is 6. The first-order valence-electron chi connectivity index (χ1n) is 6.81. The van der Waals surface area contributed by atoms with Gasteiger partial charge in [-0.15, -0.1) is 0 Å². The number of hydrogen-bond donors (Lipinski definition) is 0. The molecule has 0 aliphatic carbocycles. The maximum atomic E-state index is 12.8. The predicted molar refractivity (Wildman–Crippen MR) is 87.0 cm³/mol. The van der Waals surface area contributed by atoms with Gasteiger partial charge in [-0.05, 0) is 29.0 Å². The summed E-state index contributed by atoms with van der Waals surface area (Å²) in [4.78, 5) is 9.03. The maximum absolute atomic E-state index is 12.8. The lowest BCUT2D eigenvalue weighted by molar-refractivity contribution is 0.562. The zero-order chi connectivity index (χ0) is 16.6. The number of rotatable bonds is 4. The van der Waals surface area contributed by atoms with Crippen molar-refractivity contribution in [1.82, 2.24) is 30.2 Å². The third-order valence-electron chi connectivity index (χ3n) is 3.15. The van der Waals surface area contributed by atoms with Gasteiger partial charge in [-0.3, -0.25) is 0 Å². The van der Waals surface area contributed by atoms with E-state index in [1.165, 1.54) is 4.68 Å². The summed E-state index contributed by atoms with van der Waals surface area (Å²) in [7, 11) is 1.62. The first kappa shape index (κ1) is 16.4. The highest BCUT2D eigenvalue weighted by molar-refractivity contribution is 7.91. The molecule has 0 fully saturated rings. The van der Waals surface area contributed by atoms with E-state index in [9.17, 15) is 4.55 Å². The number of nitrogens with zero attached hydrogens (tertiary/aromatic N) is 6. The van der Waals surface area contributed by atoms with Crippen LogP contribution in [0.4, 0.5) is 0 Å². The molecular formula is C13H12Cl2N6OS. The molecule has 0 amide bonds. The fourth-order valence-electron chi connectivity index (χ4n) is 2.08. The van der Waals surface area contributed by atoms with Gasteiger partial charge < -0.3 is 4.55 Å². The second-order valence-corrected chi connectivity index (χ2v) is 6.94. The number of aryl methyl sites for hydroxylation is 2. The Morgan fingerprint density at radius 2 is 1.83 bits per heavy atom. The van der Waals surface area contributed by atoms with Crippen molar-refractivity contribution in [2.75, 3.05) is 0 Å². The Morgan fingerprint density at radius 3 is 2.39 bits per heavy atom. The molecule has 0 saturated carbocycles.